The van der Waals surface area contributed by atoms with E-state index in [1.165, 1.54) is 0 Å². The Morgan fingerprint density at radius 3 is 2.56 bits per heavy atom. The summed E-state index contributed by atoms with van der Waals surface area (Å²) in [5.74, 6) is -2.69. The minimum Gasteiger partial charge on any atom is -0.506 e. The Morgan fingerprint density at radius 2 is 1.96 bits per heavy atom. The fourth-order valence-corrected chi connectivity index (χ4v) is 2.82. The van der Waals surface area contributed by atoms with E-state index < -0.39 is 40.7 Å². The number of aromatic hydroxyl groups is 1. The van der Waals surface area contributed by atoms with Crippen LogP contribution in [0.4, 0.5) is 0 Å². The number of nitrogens with zero attached hydrogens (tertiary/aromatic N) is 1. The molecule has 0 saturated heterocycles. The summed E-state index contributed by atoms with van der Waals surface area (Å²) in [6.07, 6.45) is 2.04. The van der Waals surface area contributed by atoms with Gasteiger partial charge in [0, 0.05) is 5.39 Å². The third-order valence-corrected chi connectivity index (χ3v) is 4.60. The first-order chi connectivity index (χ1) is 12.8. The number of nitrogens with one attached hydrogen (secondary N) is 1. The van der Waals surface area contributed by atoms with Gasteiger partial charge in [-0.15, -0.1) is 4.73 Å². The van der Waals surface area contributed by atoms with Crippen molar-refractivity contribution in [2.45, 2.75) is 32.7 Å². The van der Waals surface area contributed by atoms with Crippen LogP contribution in [0, 0.1) is 11.8 Å². The first-order valence-corrected chi connectivity index (χ1v) is 8.85. The number of aromatic nitrogens is 1. The molecule has 1 heterocycles. The summed E-state index contributed by atoms with van der Waals surface area (Å²) in [7, 11) is 0. The number of carbonyl (C=O) groups is 2. The zero-order chi connectivity index (χ0) is 19.7. The van der Waals surface area contributed by atoms with Crippen LogP contribution in [0.1, 0.15) is 37.0 Å². The van der Waals surface area contributed by atoms with E-state index in [2.05, 4.69) is 5.32 Å². The Kier molecular flexibility index (Phi) is 5.07. The Balaban J connectivity index is 2.07. The highest BCUT2D eigenvalue weighted by molar-refractivity contribution is 6.03. The average molecular weight is 374 g/mol. The van der Waals surface area contributed by atoms with Gasteiger partial charge >= 0.3 is 5.97 Å². The van der Waals surface area contributed by atoms with Crippen LogP contribution in [0.25, 0.3) is 10.9 Å². The van der Waals surface area contributed by atoms with Gasteiger partial charge in [0.1, 0.15) is 18.4 Å². The van der Waals surface area contributed by atoms with Crippen molar-refractivity contribution in [1.82, 2.24) is 10.0 Å². The molecule has 1 fully saturated rings. The van der Waals surface area contributed by atoms with E-state index in [0.29, 0.717) is 18.0 Å². The fourth-order valence-electron chi connectivity index (χ4n) is 2.82. The highest BCUT2D eigenvalue weighted by atomic mass is 16.7. The Bertz CT molecular complexity index is 945. The number of para-hydroxylation sites is 1. The summed E-state index contributed by atoms with van der Waals surface area (Å²) < 4.78 is 1.01. The van der Waals surface area contributed by atoms with Crippen molar-refractivity contribution >= 4 is 22.8 Å². The molecule has 27 heavy (non-hydrogen) atoms. The molecule has 1 aromatic heterocycles. The first kappa shape index (κ1) is 18.8. The Labute approximate surface area is 155 Å². The highest BCUT2D eigenvalue weighted by Crippen LogP contribution is 2.29. The number of pyridine rings is 1. The predicted octanol–water partition coefficient (Wildman–Crippen LogP) is 1.38. The molecule has 2 aromatic rings. The smallest absolute Gasteiger partial charge is 0.326 e. The van der Waals surface area contributed by atoms with Crippen LogP contribution in [0.15, 0.2) is 29.1 Å². The Morgan fingerprint density at radius 1 is 1.30 bits per heavy atom. The maximum Gasteiger partial charge on any atom is 0.326 e. The van der Waals surface area contributed by atoms with Crippen LogP contribution in [0.2, 0.25) is 0 Å². The molecule has 1 amide bonds. The molecule has 0 radical (unpaired) electrons. The quantitative estimate of drug-likeness (QED) is 0.674. The molecule has 1 saturated carbocycles. The zero-order valence-corrected chi connectivity index (χ0v) is 15.1. The van der Waals surface area contributed by atoms with Crippen molar-refractivity contribution in [1.29, 1.82) is 0 Å². The second-order valence-corrected chi connectivity index (χ2v) is 7.11. The van der Waals surface area contributed by atoms with Gasteiger partial charge < -0.3 is 20.4 Å². The maximum absolute atomic E-state index is 12.9. The number of rotatable bonds is 7. The number of amides is 1. The molecule has 1 aliphatic rings. The van der Waals surface area contributed by atoms with Gasteiger partial charge in [0.05, 0.1) is 5.52 Å². The molecule has 0 bridgehead atoms. The van der Waals surface area contributed by atoms with E-state index in [-0.39, 0.29) is 5.39 Å². The normalized spacial score (nSPS) is 14.9. The molecular formula is C19H22N2O6. The van der Waals surface area contributed by atoms with E-state index in [0.717, 1.165) is 17.6 Å². The molecule has 1 aliphatic carbocycles. The summed E-state index contributed by atoms with van der Waals surface area (Å²) in [6, 6.07) is 5.34. The number of hydrogen-bond acceptors (Lipinski definition) is 5. The standard InChI is InChI=1S/C19H22N2O6/c1-10(2)15(19(25)26)20-17(23)14-16(22)12-5-3-4-6-13(12)21(18(14)24)27-9-11-7-8-11/h3-6,10-11,15,22H,7-9H2,1-2H3,(H,20,23)(H,25,26)/t15-/m0/s1. The van der Waals surface area contributed by atoms with Crippen molar-refractivity contribution in [3.05, 3.63) is 40.2 Å². The van der Waals surface area contributed by atoms with E-state index in [1.807, 2.05) is 0 Å². The molecule has 8 nitrogen and oxygen atoms in total. The molecule has 3 rings (SSSR count). The van der Waals surface area contributed by atoms with Crippen molar-refractivity contribution in [3.63, 3.8) is 0 Å². The lowest BCUT2D eigenvalue weighted by Gasteiger charge is -2.19. The number of carboxylic acid groups (broad SMARTS) is 1. The van der Waals surface area contributed by atoms with Gasteiger partial charge in [-0.05, 0) is 36.8 Å². The number of benzene rings is 1. The van der Waals surface area contributed by atoms with E-state index in [4.69, 9.17) is 4.84 Å². The lowest BCUT2D eigenvalue weighted by molar-refractivity contribution is -0.140. The van der Waals surface area contributed by atoms with Gasteiger partial charge in [-0.3, -0.25) is 9.59 Å². The second-order valence-electron chi connectivity index (χ2n) is 7.11. The van der Waals surface area contributed by atoms with Gasteiger partial charge in [-0.1, -0.05) is 26.0 Å². The summed E-state index contributed by atoms with van der Waals surface area (Å²) in [4.78, 5) is 42.5. The second kappa shape index (κ2) is 7.30. The van der Waals surface area contributed by atoms with E-state index >= 15 is 0 Å². The van der Waals surface area contributed by atoms with Gasteiger partial charge in [-0.25, -0.2) is 4.79 Å². The van der Waals surface area contributed by atoms with Crippen LogP contribution >= 0.6 is 0 Å². The predicted molar refractivity (Wildman–Crippen MR) is 97.8 cm³/mol. The highest BCUT2D eigenvalue weighted by Gasteiger charge is 2.29. The van der Waals surface area contributed by atoms with Crippen molar-refractivity contribution in [3.8, 4) is 5.75 Å². The van der Waals surface area contributed by atoms with E-state index in [1.54, 1.807) is 38.1 Å². The molecule has 1 aromatic carbocycles. The average Bonchev–Trinajstić information content (AvgIpc) is 3.43. The van der Waals surface area contributed by atoms with E-state index in [9.17, 15) is 24.6 Å². The SMILES string of the molecule is CC(C)[C@H](NC(=O)c1c(O)c2ccccc2n(OCC2CC2)c1=O)C(=O)O. The minimum atomic E-state index is -1.22. The van der Waals surface area contributed by atoms with Crippen LogP contribution < -0.4 is 15.7 Å². The number of aliphatic carboxylic acids is 1. The summed E-state index contributed by atoms with van der Waals surface area (Å²) in [5, 5.41) is 22.4. The van der Waals surface area contributed by atoms with Crippen LogP contribution in [0.5, 0.6) is 5.75 Å². The molecule has 0 aliphatic heterocycles. The molecule has 1 atom stereocenters. The van der Waals surface area contributed by atoms with Gasteiger partial charge in [-0.2, -0.15) is 0 Å². The molecule has 8 heteroatoms. The maximum atomic E-state index is 12.9. The molecular weight excluding hydrogens is 352 g/mol. The van der Waals surface area contributed by atoms with Gasteiger partial charge in [0.15, 0.2) is 5.56 Å². The monoisotopic (exact) mass is 374 g/mol. The van der Waals surface area contributed by atoms with Crippen LogP contribution in [0.3, 0.4) is 0 Å². The largest absolute Gasteiger partial charge is 0.506 e. The summed E-state index contributed by atoms with van der Waals surface area (Å²) >= 11 is 0. The van der Waals surface area contributed by atoms with Crippen molar-refractivity contribution < 1.29 is 24.6 Å². The van der Waals surface area contributed by atoms with Crippen LogP contribution in [-0.4, -0.2) is 39.5 Å². The minimum absolute atomic E-state index is 0.273. The third-order valence-electron chi connectivity index (χ3n) is 4.60. The zero-order valence-electron chi connectivity index (χ0n) is 15.1. The summed E-state index contributed by atoms with van der Waals surface area (Å²) in [6.45, 7) is 3.60. The number of hydrogen-bond donors (Lipinski definition) is 3. The topological polar surface area (TPSA) is 118 Å². The van der Waals surface area contributed by atoms with Crippen molar-refractivity contribution in [2.75, 3.05) is 6.61 Å². The van der Waals surface area contributed by atoms with Crippen LogP contribution in [-0.2, 0) is 4.79 Å². The molecule has 144 valence electrons. The number of carbonyl (C=O) groups excluding carboxylic acids is 1. The number of carboxylic acids is 1. The first-order valence-electron chi connectivity index (χ1n) is 8.85. The van der Waals surface area contributed by atoms with Crippen molar-refractivity contribution in [2.24, 2.45) is 11.8 Å². The summed E-state index contributed by atoms with van der Waals surface area (Å²) in [5.41, 5.74) is -1.01. The third kappa shape index (κ3) is 3.74. The number of fused-ring (bicyclic) bond motifs is 1. The Hall–Kier alpha value is -3.03. The van der Waals surface area contributed by atoms with Gasteiger partial charge in [0.2, 0.25) is 0 Å². The molecule has 0 unspecified atom stereocenters. The fraction of sp³-hybridized carbons (Fsp3) is 0.421. The lowest BCUT2D eigenvalue weighted by atomic mass is 10.0. The molecule has 3 N–H and O–H groups in total. The lowest BCUT2D eigenvalue weighted by Crippen LogP contribution is -2.46. The van der Waals surface area contributed by atoms with Gasteiger partial charge in [0.25, 0.3) is 11.5 Å². The molecule has 0 spiro atoms.